The zero-order valence-corrected chi connectivity index (χ0v) is 23.7. The molecule has 0 aromatic heterocycles. The number of carbonyl (C=O) groups excluding carboxylic acids is 2. The minimum Gasteiger partial charge on any atom is -0.479 e. The van der Waals surface area contributed by atoms with E-state index in [-0.39, 0.29) is 17.8 Å². The maximum atomic E-state index is 13.5. The Bertz CT molecular complexity index is 1440. The summed E-state index contributed by atoms with van der Waals surface area (Å²) in [5, 5.41) is 12.9. The number of nitrogens with one attached hydrogen (secondary N) is 2. The van der Waals surface area contributed by atoms with Crippen molar-refractivity contribution in [3.63, 3.8) is 0 Å². The predicted molar refractivity (Wildman–Crippen MR) is 155 cm³/mol. The van der Waals surface area contributed by atoms with Crippen LogP contribution in [0.15, 0.2) is 66.7 Å². The minimum atomic E-state index is -4.71. The monoisotopic (exact) mass is 619 g/mol. The number of benzene rings is 3. The number of rotatable bonds is 9. The van der Waals surface area contributed by atoms with Crippen molar-refractivity contribution in [1.82, 2.24) is 5.32 Å². The molecule has 3 aromatic carbocycles. The van der Waals surface area contributed by atoms with E-state index in [2.05, 4.69) is 10.6 Å². The van der Waals surface area contributed by atoms with Crippen molar-refractivity contribution < 1.29 is 37.1 Å². The van der Waals surface area contributed by atoms with Gasteiger partial charge in [0.2, 0.25) is 6.17 Å². The maximum Gasteiger partial charge on any atom is 0.417 e. The van der Waals surface area contributed by atoms with Crippen LogP contribution >= 0.6 is 11.6 Å². The lowest BCUT2D eigenvalue weighted by atomic mass is 9.84. The summed E-state index contributed by atoms with van der Waals surface area (Å²) in [5.74, 6) is -1.93. The predicted octanol–water partition coefficient (Wildman–Crippen LogP) is 7.80. The van der Waals surface area contributed by atoms with Crippen molar-refractivity contribution in [3.05, 3.63) is 94.0 Å². The Labute approximate surface area is 250 Å². The molecule has 7 nitrogen and oxygen atoms in total. The lowest BCUT2D eigenvalue weighted by Gasteiger charge is -2.26. The average molecular weight is 620 g/mol. The number of urea groups is 1. The standard InChI is InChI=1S/C31H30ClF4N3O4/c32-26-15-12-23(16-25(26)31(34,35)36)38-30(43)39(24-13-10-21(11-14-24)20-4-2-1-3-5-20)18-19-6-8-22(9-7-19)28(40)37-17-27(33)29(41)42/h6-16,20,27H,1-5,17-18H2,(H,37,40)(H,38,43)(H,41,42). The largest absolute Gasteiger partial charge is 0.479 e. The molecule has 1 aliphatic carbocycles. The van der Waals surface area contributed by atoms with Crippen molar-refractivity contribution in [3.8, 4) is 0 Å². The number of hydrogen-bond donors (Lipinski definition) is 3. The summed E-state index contributed by atoms with van der Waals surface area (Å²) in [7, 11) is 0. The van der Waals surface area contributed by atoms with Crippen LogP contribution in [0.5, 0.6) is 0 Å². The molecule has 228 valence electrons. The number of amides is 3. The molecule has 1 saturated carbocycles. The van der Waals surface area contributed by atoms with E-state index in [9.17, 15) is 31.9 Å². The zero-order chi connectivity index (χ0) is 31.1. The van der Waals surface area contributed by atoms with Crippen molar-refractivity contribution >= 4 is 40.9 Å². The zero-order valence-electron chi connectivity index (χ0n) is 23.0. The number of hydrogen-bond acceptors (Lipinski definition) is 3. The Hall–Kier alpha value is -4.12. The van der Waals surface area contributed by atoms with Gasteiger partial charge >= 0.3 is 18.2 Å². The molecule has 12 heteroatoms. The van der Waals surface area contributed by atoms with E-state index in [1.165, 1.54) is 29.5 Å². The lowest BCUT2D eigenvalue weighted by molar-refractivity contribution is -0.142. The molecule has 0 saturated heterocycles. The van der Waals surface area contributed by atoms with E-state index in [0.717, 1.165) is 43.4 Å². The highest BCUT2D eigenvalue weighted by molar-refractivity contribution is 6.31. The van der Waals surface area contributed by atoms with Crippen LogP contribution in [-0.2, 0) is 17.5 Å². The maximum absolute atomic E-state index is 13.5. The molecule has 1 unspecified atom stereocenters. The first-order chi connectivity index (χ1) is 20.4. The van der Waals surface area contributed by atoms with Gasteiger partial charge < -0.3 is 15.7 Å². The topological polar surface area (TPSA) is 98.7 Å². The molecule has 0 spiro atoms. The van der Waals surface area contributed by atoms with Gasteiger partial charge in [0.15, 0.2) is 0 Å². The third-order valence-corrected chi connectivity index (χ3v) is 7.65. The van der Waals surface area contributed by atoms with Gasteiger partial charge in [-0.1, -0.05) is 55.1 Å². The molecule has 0 bridgehead atoms. The number of carboxylic acids is 1. The first-order valence-electron chi connectivity index (χ1n) is 13.7. The van der Waals surface area contributed by atoms with Crippen molar-refractivity contribution in [2.75, 3.05) is 16.8 Å². The molecule has 4 rings (SSSR count). The van der Waals surface area contributed by atoms with Crippen LogP contribution in [0.1, 0.15) is 65.1 Å². The quantitative estimate of drug-likeness (QED) is 0.213. The van der Waals surface area contributed by atoms with Gasteiger partial charge in [-0.3, -0.25) is 9.69 Å². The molecule has 3 aromatic rings. The summed E-state index contributed by atoms with van der Waals surface area (Å²) in [6.07, 6.45) is -1.25. The van der Waals surface area contributed by atoms with Crippen LogP contribution in [0.4, 0.5) is 33.7 Å². The van der Waals surface area contributed by atoms with Gasteiger partial charge in [-0.15, -0.1) is 0 Å². The number of alkyl halides is 4. The van der Waals surface area contributed by atoms with Crippen LogP contribution in [0.25, 0.3) is 0 Å². The molecule has 0 aliphatic heterocycles. The fourth-order valence-corrected chi connectivity index (χ4v) is 5.19. The molecular weight excluding hydrogens is 590 g/mol. The van der Waals surface area contributed by atoms with E-state index >= 15 is 0 Å². The smallest absolute Gasteiger partial charge is 0.417 e. The Morgan fingerprint density at radius 3 is 2.21 bits per heavy atom. The van der Waals surface area contributed by atoms with Gasteiger partial charge in [0.1, 0.15) is 0 Å². The highest BCUT2D eigenvalue weighted by Crippen LogP contribution is 2.37. The lowest BCUT2D eigenvalue weighted by Crippen LogP contribution is -2.35. The Morgan fingerprint density at radius 2 is 1.60 bits per heavy atom. The minimum absolute atomic E-state index is 0.00178. The Kier molecular flexibility index (Phi) is 10.3. The summed E-state index contributed by atoms with van der Waals surface area (Å²) in [5.41, 5.74) is 1.23. The molecule has 1 fully saturated rings. The highest BCUT2D eigenvalue weighted by Gasteiger charge is 2.33. The second kappa shape index (κ2) is 13.9. The normalized spacial score (nSPS) is 14.5. The van der Waals surface area contributed by atoms with Gasteiger partial charge in [0.25, 0.3) is 5.91 Å². The number of anilines is 2. The SMILES string of the molecule is O=C(NCC(F)C(=O)O)c1ccc(CN(C(=O)Nc2ccc(Cl)c(C(F)(F)F)c2)c2ccc(C3CCCCC3)cc2)cc1. The van der Waals surface area contributed by atoms with Gasteiger partial charge in [-0.2, -0.15) is 13.2 Å². The molecule has 1 atom stereocenters. The summed E-state index contributed by atoms with van der Waals surface area (Å²) < 4.78 is 53.5. The first-order valence-corrected chi connectivity index (χ1v) is 14.1. The number of nitrogens with zero attached hydrogens (tertiary/aromatic N) is 1. The summed E-state index contributed by atoms with van der Waals surface area (Å²) in [4.78, 5) is 37.8. The molecule has 0 radical (unpaired) electrons. The number of aliphatic carboxylic acids is 1. The number of carboxylic acid groups (broad SMARTS) is 1. The third kappa shape index (κ3) is 8.47. The second-order valence-electron chi connectivity index (χ2n) is 10.3. The van der Waals surface area contributed by atoms with Crippen LogP contribution in [0.3, 0.4) is 0 Å². The van der Waals surface area contributed by atoms with Crippen LogP contribution in [0, 0.1) is 0 Å². The van der Waals surface area contributed by atoms with E-state index in [1.807, 2.05) is 12.1 Å². The van der Waals surface area contributed by atoms with Gasteiger partial charge in [0, 0.05) is 16.9 Å². The highest BCUT2D eigenvalue weighted by atomic mass is 35.5. The molecule has 0 heterocycles. The number of carbonyl (C=O) groups is 3. The first kappa shape index (κ1) is 31.8. The van der Waals surface area contributed by atoms with Crippen LogP contribution in [0.2, 0.25) is 5.02 Å². The molecule has 3 amide bonds. The Balaban J connectivity index is 1.55. The van der Waals surface area contributed by atoms with Crippen LogP contribution < -0.4 is 15.5 Å². The summed E-state index contributed by atoms with van der Waals surface area (Å²) in [6, 6.07) is 15.9. The van der Waals surface area contributed by atoms with Gasteiger partial charge in [0.05, 0.1) is 23.7 Å². The fraction of sp³-hybridized carbons (Fsp3) is 0.323. The Morgan fingerprint density at radius 1 is 0.953 bits per heavy atom. The molecule has 43 heavy (non-hydrogen) atoms. The van der Waals surface area contributed by atoms with Crippen molar-refractivity contribution in [1.29, 1.82) is 0 Å². The number of halogens is 5. The summed E-state index contributed by atoms with van der Waals surface area (Å²) in [6.45, 7) is -0.691. The molecule has 3 N–H and O–H groups in total. The molecular formula is C31H30ClF4N3O4. The van der Waals surface area contributed by atoms with Gasteiger partial charge in [-0.25, -0.2) is 14.0 Å². The molecule has 1 aliphatic rings. The fourth-order valence-electron chi connectivity index (χ4n) is 4.97. The van der Waals surface area contributed by atoms with E-state index in [1.54, 1.807) is 24.3 Å². The second-order valence-corrected chi connectivity index (χ2v) is 10.8. The van der Waals surface area contributed by atoms with Gasteiger partial charge in [-0.05, 0) is 72.4 Å². The average Bonchev–Trinajstić information content (AvgIpc) is 2.99. The van der Waals surface area contributed by atoms with E-state index in [4.69, 9.17) is 16.7 Å². The van der Waals surface area contributed by atoms with E-state index in [0.29, 0.717) is 17.2 Å². The van der Waals surface area contributed by atoms with Crippen molar-refractivity contribution in [2.45, 2.75) is 56.9 Å². The third-order valence-electron chi connectivity index (χ3n) is 7.32. The van der Waals surface area contributed by atoms with E-state index < -0.39 is 47.4 Å². The van der Waals surface area contributed by atoms with Crippen molar-refractivity contribution in [2.24, 2.45) is 0 Å². The van der Waals surface area contributed by atoms with Crippen LogP contribution in [-0.4, -0.2) is 35.7 Å². The summed E-state index contributed by atoms with van der Waals surface area (Å²) >= 11 is 5.73.